The lowest BCUT2D eigenvalue weighted by atomic mass is 10.1. The fourth-order valence-corrected chi connectivity index (χ4v) is 2.35. The van der Waals surface area contributed by atoms with Crippen LogP contribution in [0.1, 0.15) is 27.8 Å². The van der Waals surface area contributed by atoms with Gasteiger partial charge in [0, 0.05) is 16.8 Å². The smallest absolute Gasteiger partial charge is 0.321 e. The van der Waals surface area contributed by atoms with E-state index in [2.05, 4.69) is 15.3 Å². The number of nitrogens with zero attached hydrogens (tertiary/aromatic N) is 1. The van der Waals surface area contributed by atoms with Crippen molar-refractivity contribution < 1.29 is 9.59 Å². The number of aromatic nitrogens is 2. The van der Waals surface area contributed by atoms with Gasteiger partial charge in [0.05, 0.1) is 5.69 Å². The summed E-state index contributed by atoms with van der Waals surface area (Å²) in [5.74, 6) is -0.586. The average molecular weight is 333 g/mol. The second-order valence-corrected chi connectivity index (χ2v) is 5.44. The number of nitrogens with one attached hydrogen (secondary N) is 2. The van der Waals surface area contributed by atoms with Crippen molar-refractivity contribution in [2.75, 3.05) is 5.32 Å². The number of benzene rings is 2. The Labute approximate surface area is 143 Å². The zero-order chi connectivity index (χ0) is 17.8. The molecule has 2 N–H and O–H groups in total. The number of H-pyrrole nitrogens is 1. The molecule has 124 valence electrons. The van der Waals surface area contributed by atoms with Gasteiger partial charge < -0.3 is 10.3 Å². The predicted molar refractivity (Wildman–Crippen MR) is 94.7 cm³/mol. The number of Topliss-reactive ketones (excluding diaryl/α,β-unsaturated/α-hetero) is 1. The van der Waals surface area contributed by atoms with Crippen LogP contribution in [0.2, 0.25) is 0 Å². The van der Waals surface area contributed by atoms with Crippen LogP contribution in [0.25, 0.3) is 11.3 Å². The number of ketones is 1. The summed E-state index contributed by atoms with van der Waals surface area (Å²) in [6.07, 6.45) is 0. The topological polar surface area (TPSA) is 91.9 Å². The van der Waals surface area contributed by atoms with E-state index in [-0.39, 0.29) is 11.5 Å². The summed E-state index contributed by atoms with van der Waals surface area (Å²) in [6.45, 7) is 1.45. The molecule has 0 fully saturated rings. The molecule has 0 aliphatic carbocycles. The Balaban J connectivity index is 1.90. The third kappa shape index (κ3) is 3.87. The van der Waals surface area contributed by atoms with E-state index in [1.54, 1.807) is 36.4 Å². The molecule has 0 aliphatic heterocycles. The van der Waals surface area contributed by atoms with Gasteiger partial charge >= 0.3 is 5.69 Å². The maximum atomic E-state index is 12.4. The zero-order valence-corrected chi connectivity index (χ0v) is 13.4. The first-order valence-electron chi connectivity index (χ1n) is 7.62. The monoisotopic (exact) mass is 333 g/mol. The van der Waals surface area contributed by atoms with Crippen molar-refractivity contribution in [3.8, 4) is 11.3 Å². The van der Waals surface area contributed by atoms with E-state index in [4.69, 9.17) is 0 Å². The molecule has 3 aromatic rings. The highest BCUT2D eigenvalue weighted by Gasteiger charge is 2.11. The van der Waals surface area contributed by atoms with E-state index < -0.39 is 11.6 Å². The van der Waals surface area contributed by atoms with Gasteiger partial charge in [-0.3, -0.25) is 9.59 Å². The third-order valence-electron chi connectivity index (χ3n) is 3.59. The lowest BCUT2D eigenvalue weighted by Crippen LogP contribution is -2.21. The normalized spacial score (nSPS) is 10.3. The number of hydrogen-bond acceptors (Lipinski definition) is 4. The number of hydrogen-bond donors (Lipinski definition) is 2. The molecule has 3 rings (SSSR count). The van der Waals surface area contributed by atoms with Crippen LogP contribution in [0.15, 0.2) is 65.5 Å². The van der Waals surface area contributed by atoms with Gasteiger partial charge in [-0.1, -0.05) is 42.5 Å². The van der Waals surface area contributed by atoms with Crippen LogP contribution >= 0.6 is 0 Å². The number of amides is 1. The van der Waals surface area contributed by atoms with Crippen LogP contribution in [0.3, 0.4) is 0 Å². The van der Waals surface area contributed by atoms with E-state index in [1.807, 2.05) is 18.2 Å². The molecule has 0 aliphatic rings. The van der Waals surface area contributed by atoms with Crippen LogP contribution < -0.4 is 11.0 Å². The van der Waals surface area contributed by atoms with Crippen molar-refractivity contribution >= 4 is 17.4 Å². The molecule has 6 nitrogen and oxygen atoms in total. The highest BCUT2D eigenvalue weighted by molar-refractivity contribution is 6.04. The van der Waals surface area contributed by atoms with Crippen molar-refractivity contribution in [3.63, 3.8) is 0 Å². The standard InChI is InChI=1S/C19H15N3O3/c1-12(23)14-8-5-9-15(10-14)20-18(24)17-11-16(21-19(25)22-17)13-6-3-2-4-7-13/h2-11H,1H3,(H,20,24)(H,21,22,25). The van der Waals surface area contributed by atoms with Gasteiger partial charge in [-0.05, 0) is 25.1 Å². The molecule has 0 spiro atoms. The van der Waals surface area contributed by atoms with Gasteiger partial charge in [0.1, 0.15) is 5.69 Å². The van der Waals surface area contributed by atoms with Crippen molar-refractivity contribution in [1.29, 1.82) is 0 Å². The molecular formula is C19H15N3O3. The molecule has 0 unspecified atom stereocenters. The minimum atomic E-state index is -0.607. The summed E-state index contributed by atoms with van der Waals surface area (Å²) in [6, 6.07) is 17.2. The van der Waals surface area contributed by atoms with E-state index in [1.165, 1.54) is 13.0 Å². The van der Waals surface area contributed by atoms with Gasteiger partial charge in [0.2, 0.25) is 0 Å². The minimum absolute atomic E-state index is 0.0899. The van der Waals surface area contributed by atoms with Crippen LogP contribution in [0.5, 0.6) is 0 Å². The molecule has 0 bridgehead atoms. The van der Waals surface area contributed by atoms with Gasteiger partial charge in [-0.25, -0.2) is 4.79 Å². The van der Waals surface area contributed by atoms with E-state index in [0.29, 0.717) is 16.9 Å². The largest absolute Gasteiger partial charge is 0.346 e. The Hall–Kier alpha value is -3.54. The molecule has 1 heterocycles. The zero-order valence-electron chi connectivity index (χ0n) is 13.4. The summed E-state index contributed by atoms with van der Waals surface area (Å²) in [5.41, 5.74) is 1.59. The van der Waals surface area contributed by atoms with E-state index in [9.17, 15) is 14.4 Å². The Morgan fingerprint density at radius 2 is 1.76 bits per heavy atom. The quantitative estimate of drug-likeness (QED) is 0.718. The lowest BCUT2D eigenvalue weighted by molar-refractivity contribution is 0.100. The molecule has 6 heteroatoms. The summed E-state index contributed by atoms with van der Waals surface area (Å²) in [7, 11) is 0. The van der Waals surface area contributed by atoms with Crippen molar-refractivity contribution in [1.82, 2.24) is 9.97 Å². The van der Waals surface area contributed by atoms with Gasteiger partial charge in [0.25, 0.3) is 5.91 Å². The highest BCUT2D eigenvalue weighted by atomic mass is 16.2. The molecule has 0 saturated heterocycles. The maximum Gasteiger partial charge on any atom is 0.346 e. The van der Waals surface area contributed by atoms with Crippen LogP contribution in [-0.2, 0) is 0 Å². The molecule has 1 aromatic heterocycles. The Kier molecular flexibility index (Phi) is 4.52. The number of carbonyl (C=O) groups excluding carboxylic acids is 2. The first-order valence-corrected chi connectivity index (χ1v) is 7.62. The Morgan fingerprint density at radius 3 is 2.48 bits per heavy atom. The fourth-order valence-electron chi connectivity index (χ4n) is 2.35. The first kappa shape index (κ1) is 16.3. The molecule has 0 radical (unpaired) electrons. The summed E-state index contributed by atoms with van der Waals surface area (Å²) >= 11 is 0. The molecule has 0 saturated carbocycles. The predicted octanol–water partition coefficient (Wildman–Crippen LogP) is 2.89. The summed E-state index contributed by atoms with van der Waals surface area (Å²) in [5, 5.41) is 2.67. The third-order valence-corrected chi connectivity index (χ3v) is 3.59. The molecule has 0 atom stereocenters. The van der Waals surface area contributed by atoms with Crippen molar-refractivity contribution in [2.24, 2.45) is 0 Å². The average Bonchev–Trinajstić information content (AvgIpc) is 2.62. The van der Waals surface area contributed by atoms with E-state index in [0.717, 1.165) is 5.56 Å². The molecule has 1 amide bonds. The van der Waals surface area contributed by atoms with Gasteiger partial charge in [-0.2, -0.15) is 4.98 Å². The number of anilines is 1. The Morgan fingerprint density at radius 1 is 1.00 bits per heavy atom. The summed E-state index contributed by atoms with van der Waals surface area (Å²) in [4.78, 5) is 42.0. The fraction of sp³-hybridized carbons (Fsp3) is 0.0526. The SMILES string of the molecule is CC(=O)c1cccc(NC(=O)c2cc(-c3ccccc3)nc(=O)[nH]2)c1. The van der Waals surface area contributed by atoms with Crippen LogP contribution in [-0.4, -0.2) is 21.7 Å². The lowest BCUT2D eigenvalue weighted by Gasteiger charge is -2.07. The number of carbonyl (C=O) groups is 2. The Bertz CT molecular complexity index is 994. The van der Waals surface area contributed by atoms with Crippen molar-refractivity contribution in [2.45, 2.75) is 6.92 Å². The molecular weight excluding hydrogens is 318 g/mol. The first-order chi connectivity index (χ1) is 12.0. The second-order valence-electron chi connectivity index (χ2n) is 5.44. The number of aromatic amines is 1. The minimum Gasteiger partial charge on any atom is -0.321 e. The van der Waals surface area contributed by atoms with Crippen LogP contribution in [0, 0.1) is 0 Å². The number of rotatable bonds is 4. The van der Waals surface area contributed by atoms with Crippen molar-refractivity contribution in [3.05, 3.63) is 82.4 Å². The van der Waals surface area contributed by atoms with E-state index >= 15 is 0 Å². The maximum absolute atomic E-state index is 12.4. The molecule has 2 aromatic carbocycles. The van der Waals surface area contributed by atoms with Gasteiger partial charge in [-0.15, -0.1) is 0 Å². The second kappa shape index (κ2) is 6.92. The summed E-state index contributed by atoms with van der Waals surface area (Å²) < 4.78 is 0. The van der Waals surface area contributed by atoms with Crippen LogP contribution in [0.4, 0.5) is 5.69 Å². The van der Waals surface area contributed by atoms with Gasteiger partial charge in [0.15, 0.2) is 5.78 Å². The highest BCUT2D eigenvalue weighted by Crippen LogP contribution is 2.16. The molecule has 25 heavy (non-hydrogen) atoms.